The van der Waals surface area contributed by atoms with Crippen LogP contribution in [0.3, 0.4) is 0 Å². The fraction of sp³-hybridized carbons (Fsp3) is 0.562. The molecule has 1 aromatic rings. The van der Waals surface area contributed by atoms with E-state index in [0.717, 1.165) is 18.4 Å². The van der Waals surface area contributed by atoms with E-state index in [1.54, 1.807) is 19.2 Å². The number of benzene rings is 1. The second-order valence-electron chi connectivity index (χ2n) is 5.88. The molecule has 2 heterocycles. The highest BCUT2D eigenvalue weighted by Gasteiger charge is 2.41. The molecule has 0 radical (unpaired) electrons. The summed E-state index contributed by atoms with van der Waals surface area (Å²) in [6.07, 6.45) is 3.42. The molecule has 3 N–H and O–H groups in total. The molecule has 2 aliphatic heterocycles. The molecule has 22 heavy (non-hydrogen) atoms. The highest BCUT2D eigenvalue weighted by Crippen LogP contribution is 2.34. The highest BCUT2D eigenvalue weighted by molar-refractivity contribution is 6.30. The van der Waals surface area contributed by atoms with E-state index in [1.807, 2.05) is 12.1 Å². The lowest BCUT2D eigenvalue weighted by Gasteiger charge is -2.23. The summed E-state index contributed by atoms with van der Waals surface area (Å²) in [5, 5.41) is 17.4. The van der Waals surface area contributed by atoms with Crippen molar-refractivity contribution < 1.29 is 9.84 Å². The molecule has 120 valence electrons. The summed E-state index contributed by atoms with van der Waals surface area (Å²) >= 11 is 5.85. The maximum Gasteiger partial charge on any atom is 0.191 e. The number of hydrogen-bond acceptors (Lipinski definition) is 3. The minimum Gasteiger partial charge on any atom is -0.387 e. The van der Waals surface area contributed by atoms with E-state index in [0.29, 0.717) is 35.8 Å². The van der Waals surface area contributed by atoms with E-state index >= 15 is 0 Å². The molecule has 0 aromatic heterocycles. The lowest BCUT2D eigenvalue weighted by molar-refractivity contribution is 0.0992. The minimum atomic E-state index is -0.605. The van der Waals surface area contributed by atoms with Gasteiger partial charge in [0, 0.05) is 18.6 Å². The first-order chi connectivity index (χ1) is 10.7. The van der Waals surface area contributed by atoms with Gasteiger partial charge in [-0.15, -0.1) is 0 Å². The van der Waals surface area contributed by atoms with Gasteiger partial charge < -0.3 is 20.5 Å². The number of ether oxygens (including phenoxy) is 1. The molecule has 0 amide bonds. The van der Waals surface area contributed by atoms with E-state index in [9.17, 15) is 5.11 Å². The van der Waals surface area contributed by atoms with Crippen molar-refractivity contribution in [3.63, 3.8) is 0 Å². The minimum absolute atomic E-state index is 0.296. The van der Waals surface area contributed by atoms with Gasteiger partial charge in [0.1, 0.15) is 0 Å². The van der Waals surface area contributed by atoms with Crippen LogP contribution in [0.15, 0.2) is 29.3 Å². The number of aliphatic imine (C=N–C) groups is 1. The van der Waals surface area contributed by atoms with Crippen molar-refractivity contribution >= 4 is 17.6 Å². The van der Waals surface area contributed by atoms with Crippen LogP contribution in [0.4, 0.5) is 0 Å². The smallest absolute Gasteiger partial charge is 0.191 e. The summed E-state index contributed by atoms with van der Waals surface area (Å²) < 4.78 is 5.83. The molecule has 5 nitrogen and oxygen atoms in total. The van der Waals surface area contributed by atoms with Crippen LogP contribution < -0.4 is 10.6 Å². The molecule has 6 heteroatoms. The van der Waals surface area contributed by atoms with E-state index < -0.39 is 6.10 Å². The van der Waals surface area contributed by atoms with Gasteiger partial charge in [0.15, 0.2) is 5.96 Å². The zero-order valence-electron chi connectivity index (χ0n) is 12.6. The summed E-state index contributed by atoms with van der Waals surface area (Å²) in [4.78, 5) is 4.22. The summed E-state index contributed by atoms with van der Waals surface area (Å²) in [7, 11) is 1.73. The topological polar surface area (TPSA) is 65.9 Å². The zero-order chi connectivity index (χ0) is 15.5. The predicted octanol–water partition coefficient (Wildman–Crippen LogP) is 1.86. The van der Waals surface area contributed by atoms with E-state index in [1.165, 1.54) is 6.42 Å². The molecule has 2 fully saturated rings. The zero-order valence-corrected chi connectivity index (χ0v) is 13.4. The summed E-state index contributed by atoms with van der Waals surface area (Å²) in [5.41, 5.74) is 0.829. The quantitative estimate of drug-likeness (QED) is 0.584. The highest BCUT2D eigenvalue weighted by atomic mass is 35.5. The van der Waals surface area contributed by atoms with Gasteiger partial charge in [-0.3, -0.25) is 4.99 Å². The lowest BCUT2D eigenvalue weighted by atomic mass is 9.96. The first-order valence-corrected chi connectivity index (χ1v) is 8.09. The van der Waals surface area contributed by atoms with Gasteiger partial charge in [-0.05, 0) is 37.0 Å². The van der Waals surface area contributed by atoms with Gasteiger partial charge in [-0.1, -0.05) is 23.7 Å². The van der Waals surface area contributed by atoms with E-state index in [-0.39, 0.29) is 0 Å². The van der Waals surface area contributed by atoms with Crippen LogP contribution in [0.2, 0.25) is 5.02 Å². The fourth-order valence-electron chi connectivity index (χ4n) is 3.16. The fourth-order valence-corrected chi connectivity index (χ4v) is 3.28. The second kappa shape index (κ2) is 6.86. The van der Waals surface area contributed by atoms with Crippen LogP contribution in [0.1, 0.15) is 30.9 Å². The number of nitrogens with zero attached hydrogens (tertiary/aromatic N) is 1. The summed E-state index contributed by atoms with van der Waals surface area (Å²) in [6.45, 7) is 0.392. The predicted molar refractivity (Wildman–Crippen MR) is 87.2 cm³/mol. The Morgan fingerprint density at radius 2 is 2.18 bits per heavy atom. The number of rotatable bonds is 4. The average molecular weight is 324 g/mol. The standard InChI is InChI=1S/C16H22ClN3O2/c1-18-16(20-13-8-12-6-7-15(13)22-12)19-9-14(21)10-2-4-11(17)5-3-10/h2-5,12-15,21H,6-9H2,1H3,(H2,18,19,20). The molecule has 2 saturated heterocycles. The number of aliphatic hydroxyl groups excluding tert-OH is 1. The number of guanidine groups is 1. The number of fused-ring (bicyclic) bond motifs is 2. The third-order valence-electron chi connectivity index (χ3n) is 4.37. The molecule has 0 spiro atoms. The first kappa shape index (κ1) is 15.6. The molecule has 4 atom stereocenters. The van der Waals surface area contributed by atoms with Gasteiger partial charge in [-0.2, -0.15) is 0 Å². The SMILES string of the molecule is CN=C(NCC(O)c1ccc(Cl)cc1)NC1CC2CCC1O2. The molecule has 0 aliphatic carbocycles. The Labute approximate surface area is 135 Å². The van der Waals surface area contributed by atoms with E-state index in [2.05, 4.69) is 15.6 Å². The molecule has 4 unspecified atom stereocenters. The Balaban J connectivity index is 1.49. The second-order valence-corrected chi connectivity index (χ2v) is 6.32. The first-order valence-electron chi connectivity index (χ1n) is 7.72. The summed E-state index contributed by atoms with van der Waals surface area (Å²) in [6, 6.07) is 7.53. The van der Waals surface area contributed by atoms with Gasteiger partial charge >= 0.3 is 0 Å². The lowest BCUT2D eigenvalue weighted by Crippen LogP contribution is -2.48. The Kier molecular flexibility index (Phi) is 4.86. The maximum absolute atomic E-state index is 10.2. The van der Waals surface area contributed by atoms with Crippen LogP contribution in [-0.4, -0.2) is 42.9 Å². The number of hydrogen-bond donors (Lipinski definition) is 3. The van der Waals surface area contributed by atoms with Crippen LogP contribution in [0.5, 0.6) is 0 Å². The van der Waals surface area contributed by atoms with Crippen molar-refractivity contribution in [3.05, 3.63) is 34.9 Å². The maximum atomic E-state index is 10.2. The van der Waals surface area contributed by atoms with Gasteiger partial charge in [0.25, 0.3) is 0 Å². The monoisotopic (exact) mass is 323 g/mol. The number of aliphatic hydroxyl groups is 1. The van der Waals surface area contributed by atoms with Crippen molar-refractivity contribution in [1.82, 2.24) is 10.6 Å². The van der Waals surface area contributed by atoms with Crippen LogP contribution in [0, 0.1) is 0 Å². The van der Waals surface area contributed by atoms with Crippen LogP contribution >= 0.6 is 11.6 Å². The Hall–Kier alpha value is -1.30. The Bertz CT molecular complexity index is 535. The third kappa shape index (κ3) is 3.54. The third-order valence-corrected chi connectivity index (χ3v) is 4.62. The van der Waals surface area contributed by atoms with Crippen molar-refractivity contribution in [2.45, 2.75) is 43.6 Å². The Morgan fingerprint density at radius 1 is 1.41 bits per heavy atom. The van der Waals surface area contributed by atoms with Gasteiger partial charge in [0.2, 0.25) is 0 Å². The molecular formula is C16H22ClN3O2. The van der Waals surface area contributed by atoms with Gasteiger partial charge in [-0.25, -0.2) is 0 Å². The van der Waals surface area contributed by atoms with Crippen molar-refractivity contribution in [3.8, 4) is 0 Å². The average Bonchev–Trinajstić information content (AvgIpc) is 3.14. The molecule has 2 bridgehead atoms. The van der Waals surface area contributed by atoms with E-state index in [4.69, 9.17) is 16.3 Å². The van der Waals surface area contributed by atoms with Crippen molar-refractivity contribution in [1.29, 1.82) is 0 Å². The van der Waals surface area contributed by atoms with Gasteiger partial charge in [0.05, 0.1) is 24.4 Å². The number of halogens is 1. The molecule has 3 rings (SSSR count). The normalized spacial score (nSPS) is 28.7. The van der Waals surface area contributed by atoms with Crippen molar-refractivity contribution in [2.75, 3.05) is 13.6 Å². The molecule has 0 saturated carbocycles. The Morgan fingerprint density at radius 3 is 2.77 bits per heavy atom. The number of nitrogens with one attached hydrogen (secondary N) is 2. The molecule has 2 aliphatic rings. The van der Waals surface area contributed by atoms with Crippen LogP contribution in [-0.2, 0) is 4.74 Å². The van der Waals surface area contributed by atoms with Crippen molar-refractivity contribution in [2.24, 2.45) is 4.99 Å². The molecular weight excluding hydrogens is 302 g/mol. The summed E-state index contributed by atoms with van der Waals surface area (Å²) in [5.74, 6) is 0.703. The van der Waals surface area contributed by atoms with Crippen LogP contribution in [0.25, 0.3) is 0 Å². The molecule has 1 aromatic carbocycles. The largest absolute Gasteiger partial charge is 0.387 e.